The van der Waals surface area contributed by atoms with E-state index in [1.807, 2.05) is 0 Å². The molecular weight excluding hydrogens is 240 g/mol. The molecule has 0 aliphatic rings. The Bertz CT molecular complexity index is 205. The standard InChI is InChI=1S/C15H35N2O2/c1-14(2)16(15(3)4)8-10-18-12-13-19-11-9-17(5,6)7/h14-15H,8-13H2,1-7H3/q+1. The van der Waals surface area contributed by atoms with Crippen LogP contribution in [0.4, 0.5) is 0 Å². The van der Waals surface area contributed by atoms with Crippen LogP contribution in [0.25, 0.3) is 0 Å². The lowest BCUT2D eigenvalue weighted by Crippen LogP contribution is -2.39. The van der Waals surface area contributed by atoms with Gasteiger partial charge in [0.15, 0.2) is 0 Å². The first-order chi connectivity index (χ1) is 8.74. The molecule has 0 aliphatic carbocycles. The Balaban J connectivity index is 3.45. The molecule has 0 N–H and O–H groups in total. The van der Waals surface area contributed by atoms with Gasteiger partial charge in [-0.3, -0.25) is 4.90 Å². The van der Waals surface area contributed by atoms with E-state index in [0.717, 1.165) is 30.8 Å². The lowest BCUT2D eigenvalue weighted by atomic mass is 10.2. The molecule has 0 aromatic rings. The summed E-state index contributed by atoms with van der Waals surface area (Å²) in [6.07, 6.45) is 0. The molecule has 116 valence electrons. The van der Waals surface area contributed by atoms with Gasteiger partial charge in [0.2, 0.25) is 0 Å². The lowest BCUT2D eigenvalue weighted by Gasteiger charge is -2.30. The van der Waals surface area contributed by atoms with Gasteiger partial charge in [-0.15, -0.1) is 0 Å². The molecule has 19 heavy (non-hydrogen) atoms. The minimum atomic E-state index is 0.574. The average Bonchev–Trinajstić information content (AvgIpc) is 2.24. The SMILES string of the molecule is CC(C)N(CCOCCOCC[N+](C)(C)C)C(C)C. The number of nitrogens with zero attached hydrogens (tertiary/aromatic N) is 2. The second-order valence-electron chi connectivity index (χ2n) is 6.66. The Morgan fingerprint density at radius 3 is 1.68 bits per heavy atom. The Kier molecular flexibility index (Phi) is 9.62. The van der Waals surface area contributed by atoms with Gasteiger partial charge in [-0.1, -0.05) is 0 Å². The molecule has 0 amide bonds. The van der Waals surface area contributed by atoms with E-state index in [0.29, 0.717) is 25.3 Å². The van der Waals surface area contributed by atoms with Crippen molar-refractivity contribution in [2.45, 2.75) is 39.8 Å². The van der Waals surface area contributed by atoms with Crippen molar-refractivity contribution in [3.63, 3.8) is 0 Å². The van der Waals surface area contributed by atoms with Gasteiger partial charge < -0.3 is 14.0 Å². The van der Waals surface area contributed by atoms with E-state index in [1.165, 1.54) is 0 Å². The first-order valence-electron chi connectivity index (χ1n) is 7.45. The molecule has 0 atom stereocenters. The molecule has 0 unspecified atom stereocenters. The normalized spacial score (nSPS) is 12.9. The van der Waals surface area contributed by atoms with Crippen molar-refractivity contribution >= 4 is 0 Å². The van der Waals surface area contributed by atoms with E-state index in [2.05, 4.69) is 53.7 Å². The van der Waals surface area contributed by atoms with Gasteiger partial charge in [-0.05, 0) is 27.7 Å². The highest BCUT2D eigenvalue weighted by Crippen LogP contribution is 2.03. The summed E-state index contributed by atoms with van der Waals surface area (Å²) in [5.74, 6) is 0. The van der Waals surface area contributed by atoms with E-state index < -0.39 is 0 Å². The Labute approximate surface area is 120 Å². The molecule has 0 aliphatic heterocycles. The van der Waals surface area contributed by atoms with E-state index in [4.69, 9.17) is 9.47 Å². The van der Waals surface area contributed by atoms with E-state index >= 15 is 0 Å². The van der Waals surface area contributed by atoms with Gasteiger partial charge in [0.1, 0.15) is 6.54 Å². The third-order valence-electron chi connectivity index (χ3n) is 3.10. The predicted octanol–water partition coefficient (Wildman–Crippen LogP) is 1.84. The molecule has 0 aromatic heterocycles. The summed E-state index contributed by atoms with van der Waals surface area (Å²) in [4.78, 5) is 2.44. The van der Waals surface area contributed by atoms with E-state index in [9.17, 15) is 0 Å². The summed E-state index contributed by atoms with van der Waals surface area (Å²) in [5, 5.41) is 0. The van der Waals surface area contributed by atoms with Gasteiger partial charge >= 0.3 is 0 Å². The molecule has 0 saturated carbocycles. The van der Waals surface area contributed by atoms with Gasteiger partial charge in [-0.2, -0.15) is 0 Å². The number of ether oxygens (including phenoxy) is 2. The van der Waals surface area contributed by atoms with Crippen LogP contribution in [0.1, 0.15) is 27.7 Å². The zero-order valence-electron chi connectivity index (χ0n) is 14.1. The second kappa shape index (κ2) is 9.70. The van der Waals surface area contributed by atoms with Crippen molar-refractivity contribution in [1.82, 2.24) is 4.90 Å². The van der Waals surface area contributed by atoms with Crippen LogP contribution in [0.15, 0.2) is 0 Å². The fourth-order valence-electron chi connectivity index (χ4n) is 1.94. The minimum absolute atomic E-state index is 0.574. The molecule has 0 radical (unpaired) electrons. The minimum Gasteiger partial charge on any atom is -0.378 e. The molecular formula is C15H35N2O2+. The van der Waals surface area contributed by atoms with E-state index in [-0.39, 0.29) is 0 Å². The Hall–Kier alpha value is -0.160. The summed E-state index contributed by atoms with van der Waals surface area (Å²) < 4.78 is 12.1. The molecule has 0 bridgehead atoms. The quantitative estimate of drug-likeness (QED) is 0.424. The number of hydrogen-bond donors (Lipinski definition) is 0. The first kappa shape index (κ1) is 18.8. The highest BCUT2D eigenvalue weighted by molar-refractivity contribution is 4.66. The van der Waals surface area contributed by atoms with Crippen molar-refractivity contribution in [2.24, 2.45) is 0 Å². The summed E-state index contributed by atoms with van der Waals surface area (Å²) in [7, 11) is 6.52. The van der Waals surface area contributed by atoms with Crippen LogP contribution in [-0.4, -0.2) is 82.1 Å². The van der Waals surface area contributed by atoms with Crippen LogP contribution in [0.3, 0.4) is 0 Å². The largest absolute Gasteiger partial charge is 0.378 e. The fraction of sp³-hybridized carbons (Fsp3) is 1.00. The maximum atomic E-state index is 5.62. The molecule has 4 nitrogen and oxygen atoms in total. The van der Waals surface area contributed by atoms with Crippen LogP contribution in [0, 0.1) is 0 Å². The predicted molar refractivity (Wildman–Crippen MR) is 81.5 cm³/mol. The number of quaternary nitrogens is 1. The molecule has 0 aromatic carbocycles. The third kappa shape index (κ3) is 11.4. The molecule has 0 heterocycles. The van der Waals surface area contributed by atoms with Gasteiger partial charge in [0, 0.05) is 18.6 Å². The lowest BCUT2D eigenvalue weighted by molar-refractivity contribution is -0.870. The summed E-state index contributed by atoms with van der Waals surface area (Å²) in [5.41, 5.74) is 0. The van der Waals surface area contributed by atoms with Crippen molar-refractivity contribution in [1.29, 1.82) is 0 Å². The maximum absolute atomic E-state index is 5.62. The second-order valence-corrected chi connectivity index (χ2v) is 6.66. The molecule has 0 fully saturated rings. The number of likely N-dealkylation sites (N-methyl/N-ethyl adjacent to an activating group) is 1. The zero-order chi connectivity index (χ0) is 14.9. The monoisotopic (exact) mass is 275 g/mol. The third-order valence-corrected chi connectivity index (χ3v) is 3.10. The van der Waals surface area contributed by atoms with Crippen LogP contribution in [-0.2, 0) is 9.47 Å². The van der Waals surface area contributed by atoms with Crippen LogP contribution >= 0.6 is 0 Å². The molecule has 0 saturated heterocycles. The number of hydrogen-bond acceptors (Lipinski definition) is 3. The average molecular weight is 275 g/mol. The van der Waals surface area contributed by atoms with Crippen molar-refractivity contribution in [2.75, 3.05) is 60.7 Å². The fourth-order valence-corrected chi connectivity index (χ4v) is 1.94. The molecule has 0 rings (SSSR count). The Morgan fingerprint density at radius 1 is 0.789 bits per heavy atom. The number of rotatable bonds is 11. The van der Waals surface area contributed by atoms with Crippen molar-refractivity contribution in [3.05, 3.63) is 0 Å². The molecule has 4 heteroatoms. The van der Waals surface area contributed by atoms with Gasteiger partial charge in [-0.25, -0.2) is 0 Å². The van der Waals surface area contributed by atoms with Crippen LogP contribution < -0.4 is 0 Å². The highest BCUT2D eigenvalue weighted by atomic mass is 16.5. The van der Waals surface area contributed by atoms with Crippen molar-refractivity contribution < 1.29 is 14.0 Å². The summed E-state index contributed by atoms with van der Waals surface area (Å²) >= 11 is 0. The maximum Gasteiger partial charge on any atom is 0.102 e. The van der Waals surface area contributed by atoms with Crippen LogP contribution in [0.2, 0.25) is 0 Å². The Morgan fingerprint density at radius 2 is 1.26 bits per heavy atom. The van der Waals surface area contributed by atoms with Crippen LogP contribution in [0.5, 0.6) is 0 Å². The van der Waals surface area contributed by atoms with Gasteiger partial charge in [0.05, 0.1) is 47.6 Å². The topological polar surface area (TPSA) is 21.7 Å². The highest BCUT2D eigenvalue weighted by Gasteiger charge is 2.12. The summed E-state index contributed by atoms with van der Waals surface area (Å²) in [6, 6.07) is 1.15. The van der Waals surface area contributed by atoms with Crippen molar-refractivity contribution in [3.8, 4) is 0 Å². The zero-order valence-corrected chi connectivity index (χ0v) is 14.1. The first-order valence-corrected chi connectivity index (χ1v) is 7.45. The summed E-state index contributed by atoms with van der Waals surface area (Å²) in [6.45, 7) is 13.9. The molecule has 0 spiro atoms. The van der Waals surface area contributed by atoms with Gasteiger partial charge in [0.25, 0.3) is 0 Å². The van der Waals surface area contributed by atoms with E-state index in [1.54, 1.807) is 0 Å². The smallest absolute Gasteiger partial charge is 0.102 e.